The zero-order valence-corrected chi connectivity index (χ0v) is 12.0. The van der Waals surface area contributed by atoms with Crippen molar-refractivity contribution in [3.8, 4) is 0 Å². The average molecular weight is 292 g/mol. The molecule has 1 amide bonds. The standard InChI is InChI=1S/C12H22BrNO2/c1-4-5-9(2)12(15)14-7-11(6-13)16-8-10(14)3/h9-11H,4-8H2,1-3H3. The number of amides is 1. The second-order valence-corrected chi connectivity index (χ2v) is 5.29. The molecule has 94 valence electrons. The molecule has 16 heavy (non-hydrogen) atoms. The minimum atomic E-state index is 0.140. The molecular weight excluding hydrogens is 270 g/mol. The van der Waals surface area contributed by atoms with Crippen LogP contribution in [0.5, 0.6) is 0 Å². The maximum atomic E-state index is 12.2. The molecule has 3 atom stereocenters. The van der Waals surface area contributed by atoms with E-state index in [0.717, 1.165) is 24.7 Å². The summed E-state index contributed by atoms with van der Waals surface area (Å²) in [7, 11) is 0. The summed E-state index contributed by atoms with van der Waals surface area (Å²) in [6, 6.07) is 0.210. The lowest BCUT2D eigenvalue weighted by atomic mass is 10.0. The Kier molecular flexibility index (Phi) is 5.76. The maximum Gasteiger partial charge on any atom is 0.225 e. The molecule has 0 radical (unpaired) electrons. The third-order valence-electron chi connectivity index (χ3n) is 3.10. The number of nitrogens with zero attached hydrogens (tertiary/aromatic N) is 1. The summed E-state index contributed by atoms with van der Waals surface area (Å²) in [5.74, 6) is 0.421. The van der Waals surface area contributed by atoms with Crippen LogP contribution in [0.2, 0.25) is 0 Å². The number of carbonyl (C=O) groups is 1. The Hall–Kier alpha value is -0.0900. The van der Waals surface area contributed by atoms with E-state index in [4.69, 9.17) is 4.74 Å². The molecule has 0 bridgehead atoms. The Labute approximate surface area is 107 Å². The van der Waals surface area contributed by atoms with Crippen molar-refractivity contribution in [3.05, 3.63) is 0 Å². The van der Waals surface area contributed by atoms with E-state index in [9.17, 15) is 4.79 Å². The number of halogens is 1. The van der Waals surface area contributed by atoms with Crippen LogP contribution in [0.4, 0.5) is 0 Å². The van der Waals surface area contributed by atoms with Crippen molar-refractivity contribution in [2.75, 3.05) is 18.5 Å². The highest BCUT2D eigenvalue weighted by Gasteiger charge is 2.30. The quantitative estimate of drug-likeness (QED) is 0.745. The Morgan fingerprint density at radius 2 is 2.31 bits per heavy atom. The lowest BCUT2D eigenvalue weighted by Gasteiger charge is -2.38. The first-order chi connectivity index (χ1) is 7.60. The monoisotopic (exact) mass is 291 g/mol. The van der Waals surface area contributed by atoms with Gasteiger partial charge in [-0.15, -0.1) is 0 Å². The SMILES string of the molecule is CCCC(C)C(=O)N1CC(CBr)OCC1C. The van der Waals surface area contributed by atoms with Crippen molar-refractivity contribution in [2.45, 2.75) is 45.8 Å². The summed E-state index contributed by atoms with van der Waals surface area (Å²) in [6.45, 7) is 7.58. The zero-order chi connectivity index (χ0) is 12.1. The summed E-state index contributed by atoms with van der Waals surface area (Å²) in [6.07, 6.45) is 2.18. The molecule has 3 nitrogen and oxygen atoms in total. The Balaban J connectivity index is 2.58. The normalized spacial score (nSPS) is 27.9. The van der Waals surface area contributed by atoms with Gasteiger partial charge in [0, 0.05) is 17.8 Å². The zero-order valence-electron chi connectivity index (χ0n) is 10.4. The topological polar surface area (TPSA) is 29.5 Å². The van der Waals surface area contributed by atoms with Crippen LogP contribution < -0.4 is 0 Å². The van der Waals surface area contributed by atoms with Crippen LogP contribution in [0, 0.1) is 5.92 Å². The summed E-state index contributed by atoms with van der Waals surface area (Å²) in [5.41, 5.74) is 0. The fourth-order valence-corrected chi connectivity index (χ4v) is 2.45. The first kappa shape index (κ1) is 14.0. The lowest BCUT2D eigenvalue weighted by Crippen LogP contribution is -2.52. The summed E-state index contributed by atoms with van der Waals surface area (Å²) in [5, 5.41) is 0.797. The highest BCUT2D eigenvalue weighted by atomic mass is 79.9. The third kappa shape index (κ3) is 3.45. The minimum absolute atomic E-state index is 0.140. The number of ether oxygens (including phenoxy) is 1. The van der Waals surface area contributed by atoms with Crippen LogP contribution >= 0.6 is 15.9 Å². The van der Waals surface area contributed by atoms with Crippen LogP contribution in [-0.2, 0) is 9.53 Å². The van der Waals surface area contributed by atoms with E-state index in [2.05, 4.69) is 29.8 Å². The van der Waals surface area contributed by atoms with Gasteiger partial charge < -0.3 is 9.64 Å². The van der Waals surface area contributed by atoms with Crippen LogP contribution in [0.1, 0.15) is 33.6 Å². The van der Waals surface area contributed by atoms with E-state index in [1.165, 1.54) is 0 Å². The van der Waals surface area contributed by atoms with Crippen molar-refractivity contribution in [1.82, 2.24) is 4.90 Å². The number of rotatable bonds is 4. The Morgan fingerprint density at radius 3 is 2.88 bits per heavy atom. The molecule has 1 rings (SSSR count). The Morgan fingerprint density at radius 1 is 1.62 bits per heavy atom. The fourth-order valence-electron chi connectivity index (χ4n) is 2.06. The Bertz CT molecular complexity index is 235. The van der Waals surface area contributed by atoms with Gasteiger partial charge in [0.15, 0.2) is 0 Å². The molecule has 0 aromatic carbocycles. The fraction of sp³-hybridized carbons (Fsp3) is 0.917. The minimum Gasteiger partial charge on any atom is -0.373 e. The molecule has 1 aliphatic heterocycles. The predicted molar refractivity (Wildman–Crippen MR) is 68.8 cm³/mol. The number of hydrogen-bond acceptors (Lipinski definition) is 2. The van der Waals surface area contributed by atoms with Gasteiger partial charge in [-0.3, -0.25) is 4.79 Å². The molecule has 0 spiro atoms. The smallest absolute Gasteiger partial charge is 0.225 e. The molecule has 0 N–H and O–H groups in total. The summed E-state index contributed by atoms with van der Waals surface area (Å²) in [4.78, 5) is 14.2. The second kappa shape index (κ2) is 6.60. The number of carbonyl (C=O) groups excluding carboxylic acids is 1. The van der Waals surface area contributed by atoms with Gasteiger partial charge in [0.05, 0.1) is 18.8 Å². The van der Waals surface area contributed by atoms with Crippen LogP contribution in [0.15, 0.2) is 0 Å². The molecule has 0 aromatic heterocycles. The van der Waals surface area contributed by atoms with Crippen LogP contribution in [-0.4, -0.2) is 41.4 Å². The van der Waals surface area contributed by atoms with Gasteiger partial charge in [-0.05, 0) is 13.3 Å². The van der Waals surface area contributed by atoms with Gasteiger partial charge in [-0.2, -0.15) is 0 Å². The maximum absolute atomic E-state index is 12.2. The summed E-state index contributed by atoms with van der Waals surface area (Å²) < 4.78 is 5.62. The predicted octanol–water partition coefficient (Wildman–Crippen LogP) is 2.43. The van der Waals surface area contributed by atoms with Crippen molar-refractivity contribution < 1.29 is 9.53 Å². The molecule has 1 fully saturated rings. The first-order valence-electron chi connectivity index (χ1n) is 6.08. The van der Waals surface area contributed by atoms with E-state index in [1.54, 1.807) is 0 Å². The van der Waals surface area contributed by atoms with E-state index >= 15 is 0 Å². The second-order valence-electron chi connectivity index (χ2n) is 4.64. The molecule has 4 heteroatoms. The largest absolute Gasteiger partial charge is 0.373 e. The molecule has 3 unspecified atom stereocenters. The third-order valence-corrected chi connectivity index (χ3v) is 3.83. The van der Waals surface area contributed by atoms with Crippen molar-refractivity contribution in [1.29, 1.82) is 0 Å². The molecule has 0 aliphatic carbocycles. The number of hydrogen-bond donors (Lipinski definition) is 0. The van der Waals surface area contributed by atoms with E-state index in [-0.39, 0.29) is 24.0 Å². The first-order valence-corrected chi connectivity index (χ1v) is 7.20. The van der Waals surface area contributed by atoms with Gasteiger partial charge >= 0.3 is 0 Å². The average Bonchev–Trinajstić information content (AvgIpc) is 2.29. The summed E-state index contributed by atoms with van der Waals surface area (Å²) >= 11 is 3.41. The number of alkyl halides is 1. The van der Waals surface area contributed by atoms with Crippen LogP contribution in [0.3, 0.4) is 0 Å². The van der Waals surface area contributed by atoms with Gasteiger partial charge in [0.25, 0.3) is 0 Å². The van der Waals surface area contributed by atoms with Gasteiger partial charge in [-0.1, -0.05) is 36.2 Å². The number of morpholine rings is 1. The molecular formula is C12H22BrNO2. The molecule has 0 aromatic rings. The molecule has 0 saturated carbocycles. The van der Waals surface area contributed by atoms with Crippen LogP contribution in [0.25, 0.3) is 0 Å². The van der Waals surface area contributed by atoms with E-state index in [0.29, 0.717) is 6.61 Å². The highest BCUT2D eigenvalue weighted by molar-refractivity contribution is 9.09. The van der Waals surface area contributed by atoms with Crippen molar-refractivity contribution in [3.63, 3.8) is 0 Å². The molecule has 1 heterocycles. The molecule has 1 aliphatic rings. The highest BCUT2D eigenvalue weighted by Crippen LogP contribution is 2.18. The van der Waals surface area contributed by atoms with Gasteiger partial charge in [0.1, 0.15) is 0 Å². The van der Waals surface area contributed by atoms with E-state index < -0.39 is 0 Å². The van der Waals surface area contributed by atoms with Crippen molar-refractivity contribution in [2.24, 2.45) is 5.92 Å². The van der Waals surface area contributed by atoms with Crippen molar-refractivity contribution >= 4 is 21.8 Å². The lowest BCUT2D eigenvalue weighted by molar-refractivity contribution is -0.146. The van der Waals surface area contributed by atoms with Gasteiger partial charge in [0.2, 0.25) is 5.91 Å². The molecule has 1 saturated heterocycles. The van der Waals surface area contributed by atoms with Gasteiger partial charge in [-0.25, -0.2) is 0 Å². The van der Waals surface area contributed by atoms with E-state index in [1.807, 2.05) is 11.8 Å².